The third-order valence-corrected chi connectivity index (χ3v) is 4.75. The van der Waals surface area contributed by atoms with Crippen LogP contribution in [0.15, 0.2) is 18.2 Å². The van der Waals surface area contributed by atoms with Gasteiger partial charge < -0.3 is 14.4 Å². The molecule has 1 fully saturated rings. The van der Waals surface area contributed by atoms with Crippen LogP contribution in [-0.4, -0.2) is 53.4 Å². The molecule has 1 saturated heterocycles. The molecule has 1 aromatic heterocycles. The number of hydrogen-bond donors (Lipinski definition) is 1. The summed E-state index contributed by atoms with van der Waals surface area (Å²) in [6.45, 7) is 11.3. The Morgan fingerprint density at radius 1 is 1.21 bits per heavy atom. The van der Waals surface area contributed by atoms with Crippen molar-refractivity contribution in [3.8, 4) is 0 Å². The fraction of sp³-hybridized carbons (Fsp3) is 0.526. The minimum atomic E-state index is -0.861. The highest BCUT2D eigenvalue weighted by Crippen LogP contribution is 2.30. The largest absolute Gasteiger partial charge is 0.477 e. The molecule has 0 spiro atoms. The lowest BCUT2D eigenvalue weighted by atomic mass is 9.98. The summed E-state index contributed by atoms with van der Waals surface area (Å²) in [5.74, 6) is -0.508. The summed E-state index contributed by atoms with van der Waals surface area (Å²) < 4.78 is 7.38. The molecule has 130 valence electrons. The van der Waals surface area contributed by atoms with Crippen LogP contribution >= 0.6 is 0 Å². The third kappa shape index (κ3) is 3.32. The lowest BCUT2D eigenvalue weighted by Crippen LogP contribution is -2.38. The van der Waals surface area contributed by atoms with E-state index < -0.39 is 5.97 Å². The summed E-state index contributed by atoms with van der Waals surface area (Å²) >= 11 is 0. The van der Waals surface area contributed by atoms with Crippen LogP contribution in [0.5, 0.6) is 0 Å². The summed E-state index contributed by atoms with van der Waals surface area (Å²) in [4.78, 5) is 14.1. The number of morpholine rings is 1. The van der Waals surface area contributed by atoms with Gasteiger partial charge in [0, 0.05) is 31.6 Å². The molecule has 0 saturated carbocycles. The van der Waals surface area contributed by atoms with Gasteiger partial charge in [-0.25, -0.2) is 4.79 Å². The topological polar surface area (TPSA) is 54.7 Å². The number of carboxylic acid groups (broad SMARTS) is 1. The molecule has 2 heterocycles. The van der Waals surface area contributed by atoms with E-state index in [1.54, 1.807) is 0 Å². The number of rotatable bonds is 5. The van der Waals surface area contributed by atoms with Gasteiger partial charge in [-0.15, -0.1) is 0 Å². The lowest BCUT2D eigenvalue weighted by molar-refractivity contribution is 0.0362. The summed E-state index contributed by atoms with van der Waals surface area (Å²) in [5, 5.41) is 10.7. The molecule has 5 nitrogen and oxygen atoms in total. The first-order valence-corrected chi connectivity index (χ1v) is 8.64. The number of benzene rings is 1. The zero-order chi connectivity index (χ0) is 17.3. The lowest BCUT2D eigenvalue weighted by Gasteiger charge is -2.27. The summed E-state index contributed by atoms with van der Waals surface area (Å²) in [5.41, 5.74) is 3.85. The maximum Gasteiger partial charge on any atom is 0.352 e. The van der Waals surface area contributed by atoms with Crippen LogP contribution in [0, 0.1) is 6.92 Å². The molecular weight excluding hydrogens is 304 g/mol. The summed E-state index contributed by atoms with van der Waals surface area (Å²) in [6, 6.07) is 6.08. The summed E-state index contributed by atoms with van der Waals surface area (Å²) in [6.07, 6.45) is 0. The predicted octanol–water partition coefficient (Wildman–Crippen LogP) is 3.10. The average Bonchev–Trinajstić information content (AvgIpc) is 2.91. The second kappa shape index (κ2) is 6.95. The van der Waals surface area contributed by atoms with Crippen LogP contribution < -0.4 is 0 Å². The second-order valence-corrected chi connectivity index (χ2v) is 6.89. The Kier molecular flexibility index (Phi) is 4.92. The van der Waals surface area contributed by atoms with Crippen molar-refractivity contribution in [2.24, 2.45) is 0 Å². The minimum absolute atomic E-state index is 0.353. The first-order chi connectivity index (χ1) is 11.5. The van der Waals surface area contributed by atoms with Gasteiger partial charge in [-0.3, -0.25) is 4.90 Å². The van der Waals surface area contributed by atoms with E-state index >= 15 is 0 Å². The van der Waals surface area contributed by atoms with Gasteiger partial charge in [0.1, 0.15) is 5.69 Å². The highest BCUT2D eigenvalue weighted by Gasteiger charge is 2.20. The second-order valence-electron chi connectivity index (χ2n) is 6.89. The van der Waals surface area contributed by atoms with Gasteiger partial charge in [-0.1, -0.05) is 25.5 Å². The van der Waals surface area contributed by atoms with Crippen LogP contribution in [0.2, 0.25) is 0 Å². The molecule has 2 aromatic rings. The van der Waals surface area contributed by atoms with E-state index in [4.69, 9.17) is 4.74 Å². The minimum Gasteiger partial charge on any atom is -0.477 e. The number of aryl methyl sites for hydroxylation is 1. The highest BCUT2D eigenvalue weighted by molar-refractivity contribution is 5.96. The molecule has 0 atom stereocenters. The smallest absolute Gasteiger partial charge is 0.352 e. The number of carbonyl (C=O) groups is 1. The van der Waals surface area contributed by atoms with E-state index in [9.17, 15) is 9.90 Å². The normalized spacial score (nSPS) is 16.2. The van der Waals surface area contributed by atoms with Crippen molar-refractivity contribution in [3.05, 3.63) is 35.0 Å². The zero-order valence-corrected chi connectivity index (χ0v) is 14.7. The molecule has 0 aliphatic carbocycles. The Morgan fingerprint density at radius 3 is 2.54 bits per heavy atom. The SMILES string of the molecule is Cc1cc(C(C)C)c2c(c1)cc(C(=O)O)n2CCN1CCOCC1. The number of aromatic carboxylic acids is 1. The van der Waals surface area contributed by atoms with Crippen molar-refractivity contribution in [1.29, 1.82) is 0 Å². The molecule has 1 aliphatic rings. The number of ether oxygens (including phenoxy) is 1. The van der Waals surface area contributed by atoms with E-state index in [1.807, 2.05) is 10.6 Å². The van der Waals surface area contributed by atoms with E-state index in [-0.39, 0.29) is 0 Å². The number of aromatic nitrogens is 1. The number of nitrogens with zero attached hydrogens (tertiary/aromatic N) is 2. The van der Waals surface area contributed by atoms with Gasteiger partial charge in [0.25, 0.3) is 0 Å². The fourth-order valence-corrected chi connectivity index (χ4v) is 3.52. The Morgan fingerprint density at radius 2 is 1.92 bits per heavy atom. The number of hydrogen-bond acceptors (Lipinski definition) is 3. The van der Waals surface area contributed by atoms with Crippen LogP contribution in [0.3, 0.4) is 0 Å². The number of carboxylic acids is 1. The first kappa shape index (κ1) is 17.0. The van der Waals surface area contributed by atoms with Gasteiger partial charge in [0.15, 0.2) is 0 Å². The Bertz CT molecular complexity index is 743. The maximum atomic E-state index is 11.8. The van der Waals surface area contributed by atoms with Crippen LogP contribution in [0.1, 0.15) is 41.4 Å². The monoisotopic (exact) mass is 330 g/mol. The van der Waals surface area contributed by atoms with E-state index in [1.165, 1.54) is 11.1 Å². The van der Waals surface area contributed by atoms with E-state index in [0.29, 0.717) is 18.2 Å². The first-order valence-electron chi connectivity index (χ1n) is 8.64. The van der Waals surface area contributed by atoms with Crippen molar-refractivity contribution in [2.45, 2.75) is 33.2 Å². The van der Waals surface area contributed by atoms with Gasteiger partial charge in [0.05, 0.1) is 18.7 Å². The van der Waals surface area contributed by atoms with Crippen molar-refractivity contribution < 1.29 is 14.6 Å². The molecule has 1 aliphatic heterocycles. The van der Waals surface area contributed by atoms with Gasteiger partial charge in [-0.05, 0) is 30.5 Å². The molecule has 0 unspecified atom stereocenters. The van der Waals surface area contributed by atoms with Crippen LogP contribution in [0.4, 0.5) is 0 Å². The predicted molar refractivity (Wildman–Crippen MR) is 95.0 cm³/mol. The van der Waals surface area contributed by atoms with Gasteiger partial charge >= 0.3 is 5.97 Å². The Labute approximate surface area is 142 Å². The maximum absolute atomic E-state index is 11.8. The average molecular weight is 330 g/mol. The molecule has 0 amide bonds. The van der Waals surface area contributed by atoms with Crippen molar-refractivity contribution in [1.82, 2.24) is 9.47 Å². The molecule has 3 rings (SSSR count). The molecule has 0 bridgehead atoms. The molecule has 0 radical (unpaired) electrons. The zero-order valence-electron chi connectivity index (χ0n) is 14.7. The van der Waals surface area contributed by atoms with Crippen molar-refractivity contribution in [3.63, 3.8) is 0 Å². The van der Waals surface area contributed by atoms with Crippen LogP contribution in [0.25, 0.3) is 10.9 Å². The molecule has 24 heavy (non-hydrogen) atoms. The Balaban J connectivity index is 2.02. The quantitative estimate of drug-likeness (QED) is 0.915. The van der Waals surface area contributed by atoms with E-state index in [0.717, 1.165) is 43.8 Å². The van der Waals surface area contributed by atoms with Crippen LogP contribution in [-0.2, 0) is 11.3 Å². The third-order valence-electron chi connectivity index (χ3n) is 4.75. The molecule has 5 heteroatoms. The van der Waals surface area contributed by atoms with Crippen molar-refractivity contribution in [2.75, 3.05) is 32.8 Å². The fourth-order valence-electron chi connectivity index (χ4n) is 3.52. The standard InChI is InChI=1S/C19H26N2O3/c1-13(2)16-11-14(3)10-15-12-17(19(22)23)21(18(15)16)5-4-20-6-8-24-9-7-20/h10-13H,4-9H2,1-3H3,(H,22,23). The molecular formula is C19H26N2O3. The van der Waals surface area contributed by atoms with Gasteiger partial charge in [-0.2, -0.15) is 0 Å². The molecule has 1 N–H and O–H groups in total. The Hall–Kier alpha value is -1.85. The molecule has 1 aromatic carbocycles. The van der Waals surface area contributed by atoms with Crippen molar-refractivity contribution >= 4 is 16.9 Å². The van der Waals surface area contributed by atoms with Gasteiger partial charge in [0.2, 0.25) is 0 Å². The summed E-state index contributed by atoms with van der Waals surface area (Å²) in [7, 11) is 0. The van der Waals surface area contributed by atoms with E-state index in [2.05, 4.69) is 37.8 Å². The number of fused-ring (bicyclic) bond motifs is 1. The highest BCUT2D eigenvalue weighted by atomic mass is 16.5.